The number of nitrogens with one attached hydrogen (secondary N) is 2. The number of anilines is 1. The number of benzene rings is 1. The number of aryl methyl sites for hydroxylation is 1. The Morgan fingerprint density at radius 3 is 2.70 bits per heavy atom. The summed E-state index contributed by atoms with van der Waals surface area (Å²) in [6, 6.07) is 6.46. The molecule has 2 N–H and O–H groups in total. The van der Waals surface area contributed by atoms with E-state index < -0.39 is 0 Å². The van der Waals surface area contributed by atoms with Crippen LogP contribution in [0, 0.1) is 12.8 Å². The fourth-order valence-corrected chi connectivity index (χ4v) is 2.96. The van der Waals surface area contributed by atoms with E-state index in [1.807, 2.05) is 18.2 Å². The minimum atomic E-state index is -0.0251. The van der Waals surface area contributed by atoms with E-state index in [1.54, 1.807) is 7.05 Å². The van der Waals surface area contributed by atoms with E-state index in [1.165, 1.54) is 32.1 Å². The van der Waals surface area contributed by atoms with Gasteiger partial charge in [-0.25, -0.2) is 0 Å². The Morgan fingerprint density at radius 1 is 1.20 bits per heavy atom. The van der Waals surface area contributed by atoms with Gasteiger partial charge in [0.05, 0.1) is 0 Å². The van der Waals surface area contributed by atoms with Crippen LogP contribution in [0.1, 0.15) is 54.9 Å². The number of carbonyl (C=O) groups is 1. The van der Waals surface area contributed by atoms with Crippen LogP contribution in [0.2, 0.25) is 0 Å². The molecule has 3 heteroatoms. The molecule has 3 nitrogen and oxygen atoms in total. The molecule has 2 atom stereocenters. The van der Waals surface area contributed by atoms with Crippen molar-refractivity contribution in [1.82, 2.24) is 5.32 Å². The lowest BCUT2D eigenvalue weighted by Crippen LogP contribution is -2.20. The van der Waals surface area contributed by atoms with Crippen LogP contribution in [0.25, 0.3) is 0 Å². The summed E-state index contributed by atoms with van der Waals surface area (Å²) in [6.45, 7) is 4.42. The minimum Gasteiger partial charge on any atom is -0.382 e. The van der Waals surface area contributed by atoms with Crippen LogP contribution in [0.3, 0.4) is 0 Å². The van der Waals surface area contributed by atoms with Crippen molar-refractivity contribution in [2.45, 2.75) is 52.0 Å². The summed E-state index contributed by atoms with van der Waals surface area (Å²) in [6.07, 6.45) is 6.48. The first-order valence-corrected chi connectivity index (χ1v) is 7.69. The monoisotopic (exact) mass is 274 g/mol. The summed E-state index contributed by atoms with van der Waals surface area (Å²) in [7, 11) is 1.66. The highest BCUT2D eigenvalue weighted by molar-refractivity contribution is 5.94. The Hall–Kier alpha value is -1.51. The summed E-state index contributed by atoms with van der Waals surface area (Å²) in [5.41, 5.74) is 3.03. The van der Waals surface area contributed by atoms with Crippen LogP contribution in [0.5, 0.6) is 0 Å². The van der Waals surface area contributed by atoms with E-state index in [2.05, 4.69) is 24.5 Å². The Morgan fingerprint density at radius 2 is 2.00 bits per heavy atom. The van der Waals surface area contributed by atoms with Crippen LogP contribution < -0.4 is 10.6 Å². The van der Waals surface area contributed by atoms with Crippen LogP contribution in [-0.2, 0) is 0 Å². The highest BCUT2D eigenvalue weighted by atomic mass is 16.1. The number of hydrogen-bond donors (Lipinski definition) is 2. The maximum atomic E-state index is 11.6. The van der Waals surface area contributed by atoms with Gasteiger partial charge in [-0.05, 0) is 55.9 Å². The van der Waals surface area contributed by atoms with Gasteiger partial charge in [-0.15, -0.1) is 0 Å². The maximum absolute atomic E-state index is 11.6. The Labute approximate surface area is 122 Å². The van der Waals surface area contributed by atoms with E-state index in [4.69, 9.17) is 0 Å². The molecule has 0 saturated heterocycles. The van der Waals surface area contributed by atoms with Gasteiger partial charge in [0.1, 0.15) is 0 Å². The Bertz CT molecular complexity index is 470. The molecule has 1 aromatic rings. The lowest BCUT2D eigenvalue weighted by Gasteiger charge is -2.19. The zero-order chi connectivity index (χ0) is 14.5. The van der Waals surface area contributed by atoms with Crippen molar-refractivity contribution in [3.63, 3.8) is 0 Å². The van der Waals surface area contributed by atoms with E-state index in [9.17, 15) is 4.79 Å². The molecule has 2 rings (SSSR count). The summed E-state index contributed by atoms with van der Waals surface area (Å²) in [5, 5.41) is 6.33. The van der Waals surface area contributed by atoms with Gasteiger partial charge in [0.25, 0.3) is 5.91 Å². The van der Waals surface area contributed by atoms with Gasteiger partial charge >= 0.3 is 0 Å². The molecule has 1 amide bonds. The predicted octanol–water partition coefficient (Wildman–Crippen LogP) is 3.74. The SMILES string of the molecule is CNC(=O)c1ccc(NC2CCCC(C)CC2)c(C)c1. The molecule has 1 aliphatic carbocycles. The molecule has 0 radical (unpaired) electrons. The second-order valence-corrected chi connectivity index (χ2v) is 6.06. The highest BCUT2D eigenvalue weighted by Crippen LogP contribution is 2.26. The molecule has 1 aromatic carbocycles. The first-order valence-electron chi connectivity index (χ1n) is 7.69. The van der Waals surface area contributed by atoms with Crippen molar-refractivity contribution in [2.24, 2.45) is 5.92 Å². The van der Waals surface area contributed by atoms with Crippen molar-refractivity contribution >= 4 is 11.6 Å². The van der Waals surface area contributed by atoms with Crippen molar-refractivity contribution in [3.8, 4) is 0 Å². The minimum absolute atomic E-state index is 0.0251. The molecular weight excluding hydrogens is 248 g/mol. The summed E-state index contributed by atoms with van der Waals surface area (Å²) < 4.78 is 0. The number of carbonyl (C=O) groups excluding carboxylic acids is 1. The molecular formula is C17H26N2O. The molecule has 110 valence electrons. The zero-order valence-corrected chi connectivity index (χ0v) is 12.8. The van der Waals surface area contributed by atoms with Gasteiger partial charge in [0.2, 0.25) is 0 Å². The normalized spacial score (nSPS) is 22.9. The van der Waals surface area contributed by atoms with Crippen LogP contribution in [-0.4, -0.2) is 19.0 Å². The van der Waals surface area contributed by atoms with Gasteiger partial charge in [0.15, 0.2) is 0 Å². The molecule has 0 spiro atoms. The van der Waals surface area contributed by atoms with E-state index in [0.717, 1.165) is 22.7 Å². The average Bonchev–Trinajstić information content (AvgIpc) is 2.65. The molecule has 0 heterocycles. The van der Waals surface area contributed by atoms with Crippen molar-refractivity contribution < 1.29 is 4.79 Å². The van der Waals surface area contributed by atoms with Gasteiger partial charge in [0, 0.05) is 24.3 Å². The van der Waals surface area contributed by atoms with Crippen molar-refractivity contribution in [1.29, 1.82) is 0 Å². The first kappa shape index (κ1) is 14.9. The van der Waals surface area contributed by atoms with Crippen LogP contribution in [0.4, 0.5) is 5.69 Å². The Balaban J connectivity index is 2.04. The fourth-order valence-electron chi connectivity index (χ4n) is 2.96. The van der Waals surface area contributed by atoms with E-state index >= 15 is 0 Å². The molecule has 1 saturated carbocycles. The van der Waals surface area contributed by atoms with Gasteiger partial charge in [-0.3, -0.25) is 4.79 Å². The molecule has 0 bridgehead atoms. The third kappa shape index (κ3) is 3.75. The zero-order valence-electron chi connectivity index (χ0n) is 12.8. The predicted molar refractivity (Wildman–Crippen MR) is 84.2 cm³/mol. The largest absolute Gasteiger partial charge is 0.382 e. The van der Waals surface area contributed by atoms with Crippen LogP contribution in [0.15, 0.2) is 18.2 Å². The molecule has 0 aromatic heterocycles. The summed E-state index contributed by atoms with van der Waals surface area (Å²) >= 11 is 0. The second kappa shape index (κ2) is 6.78. The number of rotatable bonds is 3. The summed E-state index contributed by atoms with van der Waals surface area (Å²) in [4.78, 5) is 11.6. The smallest absolute Gasteiger partial charge is 0.251 e. The number of amides is 1. The lowest BCUT2D eigenvalue weighted by atomic mass is 10.0. The van der Waals surface area contributed by atoms with E-state index in [-0.39, 0.29) is 5.91 Å². The molecule has 20 heavy (non-hydrogen) atoms. The molecule has 0 aliphatic heterocycles. The third-order valence-electron chi connectivity index (χ3n) is 4.33. The topological polar surface area (TPSA) is 41.1 Å². The van der Waals surface area contributed by atoms with E-state index in [0.29, 0.717) is 6.04 Å². The first-order chi connectivity index (χ1) is 9.60. The van der Waals surface area contributed by atoms with Gasteiger partial charge in [-0.2, -0.15) is 0 Å². The van der Waals surface area contributed by atoms with Gasteiger partial charge in [-0.1, -0.05) is 19.8 Å². The molecule has 1 fully saturated rings. The molecule has 2 unspecified atom stereocenters. The lowest BCUT2D eigenvalue weighted by molar-refractivity contribution is 0.0963. The standard InChI is InChI=1S/C17H26N2O/c1-12-5-4-6-15(9-7-12)19-16-10-8-14(11-13(16)2)17(20)18-3/h8,10-12,15,19H,4-7,9H2,1-3H3,(H,18,20). The van der Waals surface area contributed by atoms with Crippen molar-refractivity contribution in [2.75, 3.05) is 12.4 Å². The van der Waals surface area contributed by atoms with Crippen LogP contribution >= 0.6 is 0 Å². The maximum Gasteiger partial charge on any atom is 0.251 e. The number of hydrogen-bond acceptors (Lipinski definition) is 2. The third-order valence-corrected chi connectivity index (χ3v) is 4.33. The second-order valence-electron chi connectivity index (χ2n) is 6.06. The summed E-state index contributed by atoms with van der Waals surface area (Å²) in [5.74, 6) is 0.835. The highest BCUT2D eigenvalue weighted by Gasteiger charge is 2.16. The molecule has 1 aliphatic rings. The quantitative estimate of drug-likeness (QED) is 0.824. The van der Waals surface area contributed by atoms with Gasteiger partial charge < -0.3 is 10.6 Å². The fraction of sp³-hybridized carbons (Fsp3) is 0.588. The van der Waals surface area contributed by atoms with Crippen molar-refractivity contribution in [3.05, 3.63) is 29.3 Å². The Kier molecular flexibility index (Phi) is 5.05. The average molecular weight is 274 g/mol.